The molecule has 1 atom stereocenters. The lowest BCUT2D eigenvalue weighted by molar-refractivity contribution is -0.122. The molecular formula is C21H21BrN2O2S2. The van der Waals surface area contributed by atoms with Crippen LogP contribution in [0.5, 0.6) is 0 Å². The molecule has 7 heteroatoms. The molecule has 0 saturated carbocycles. The Morgan fingerprint density at radius 2 is 1.89 bits per heavy atom. The minimum Gasteiger partial charge on any atom is -0.326 e. The number of rotatable bonds is 4. The van der Waals surface area contributed by atoms with Crippen molar-refractivity contribution in [3.05, 3.63) is 58.6 Å². The highest BCUT2D eigenvalue weighted by Gasteiger charge is 2.35. The van der Waals surface area contributed by atoms with Gasteiger partial charge >= 0.3 is 0 Å². The van der Waals surface area contributed by atoms with Crippen molar-refractivity contribution < 1.29 is 9.59 Å². The second-order valence-electron chi connectivity index (χ2n) is 6.90. The molecule has 2 aliphatic rings. The molecule has 2 fully saturated rings. The molecule has 2 aliphatic heterocycles. The SMILES string of the molecule is O=C(Nc1cccc(C2SCCCS2)c1)C1CC(=O)N(c2ccccc2Br)C1. The number of nitrogens with one attached hydrogen (secondary N) is 1. The van der Waals surface area contributed by atoms with Gasteiger partial charge in [0.15, 0.2) is 0 Å². The fourth-order valence-corrected chi connectivity index (χ4v) is 6.85. The van der Waals surface area contributed by atoms with E-state index < -0.39 is 0 Å². The number of hydrogen-bond donors (Lipinski definition) is 1. The third-order valence-electron chi connectivity index (χ3n) is 4.89. The molecule has 2 aromatic rings. The molecule has 1 N–H and O–H groups in total. The van der Waals surface area contributed by atoms with Crippen molar-refractivity contribution in [2.24, 2.45) is 5.92 Å². The van der Waals surface area contributed by atoms with Gasteiger partial charge in [0.2, 0.25) is 11.8 Å². The Balaban J connectivity index is 1.43. The second kappa shape index (κ2) is 8.93. The Kier molecular flexibility index (Phi) is 6.33. The molecule has 4 rings (SSSR count). The molecule has 2 heterocycles. The zero-order valence-electron chi connectivity index (χ0n) is 15.3. The number of hydrogen-bond acceptors (Lipinski definition) is 4. The maximum atomic E-state index is 12.8. The van der Waals surface area contributed by atoms with Gasteiger partial charge in [0.05, 0.1) is 16.2 Å². The van der Waals surface area contributed by atoms with Crippen molar-refractivity contribution in [2.45, 2.75) is 17.4 Å². The number of carbonyl (C=O) groups excluding carboxylic acids is 2. The normalized spacial score (nSPS) is 20.4. The van der Waals surface area contributed by atoms with Gasteiger partial charge in [-0.05, 0) is 63.7 Å². The van der Waals surface area contributed by atoms with Gasteiger partial charge in [-0.2, -0.15) is 0 Å². The summed E-state index contributed by atoms with van der Waals surface area (Å²) in [5.74, 6) is 1.91. The number of anilines is 2. The molecule has 28 heavy (non-hydrogen) atoms. The number of halogens is 1. The van der Waals surface area contributed by atoms with Gasteiger partial charge in [-0.15, -0.1) is 23.5 Å². The van der Waals surface area contributed by atoms with Crippen LogP contribution in [-0.4, -0.2) is 29.9 Å². The van der Waals surface area contributed by atoms with E-state index in [0.717, 1.165) is 15.8 Å². The van der Waals surface area contributed by atoms with Crippen LogP contribution < -0.4 is 10.2 Å². The van der Waals surface area contributed by atoms with E-state index >= 15 is 0 Å². The zero-order chi connectivity index (χ0) is 19.5. The van der Waals surface area contributed by atoms with E-state index in [2.05, 4.69) is 33.4 Å². The molecule has 0 aliphatic carbocycles. The maximum absolute atomic E-state index is 12.8. The number of para-hydroxylation sites is 1. The van der Waals surface area contributed by atoms with Crippen LogP contribution in [0.3, 0.4) is 0 Å². The Hall–Kier alpha value is -1.44. The summed E-state index contributed by atoms with van der Waals surface area (Å²) in [5, 5.41) is 3.02. The summed E-state index contributed by atoms with van der Waals surface area (Å²) in [6.45, 7) is 0.404. The molecule has 2 saturated heterocycles. The molecule has 0 aromatic heterocycles. The lowest BCUT2D eigenvalue weighted by Crippen LogP contribution is -2.28. The van der Waals surface area contributed by atoms with E-state index in [0.29, 0.717) is 11.1 Å². The maximum Gasteiger partial charge on any atom is 0.229 e. The van der Waals surface area contributed by atoms with Gasteiger partial charge < -0.3 is 10.2 Å². The van der Waals surface area contributed by atoms with Crippen LogP contribution in [0.2, 0.25) is 0 Å². The molecular weight excluding hydrogens is 456 g/mol. The predicted molar refractivity (Wildman–Crippen MR) is 122 cm³/mol. The van der Waals surface area contributed by atoms with Crippen LogP contribution in [0.4, 0.5) is 11.4 Å². The summed E-state index contributed by atoms with van der Waals surface area (Å²) >= 11 is 7.42. The summed E-state index contributed by atoms with van der Waals surface area (Å²) in [7, 11) is 0. The number of carbonyl (C=O) groups is 2. The topological polar surface area (TPSA) is 49.4 Å². The van der Waals surface area contributed by atoms with Crippen molar-refractivity contribution in [2.75, 3.05) is 28.3 Å². The number of amides is 2. The Bertz CT molecular complexity index is 886. The summed E-state index contributed by atoms with van der Waals surface area (Å²) in [4.78, 5) is 27.0. The monoisotopic (exact) mass is 476 g/mol. The molecule has 1 unspecified atom stereocenters. The summed E-state index contributed by atoms with van der Waals surface area (Å²) in [6, 6.07) is 15.7. The number of nitrogens with zero attached hydrogens (tertiary/aromatic N) is 1. The zero-order valence-corrected chi connectivity index (χ0v) is 18.5. The Morgan fingerprint density at radius 3 is 2.68 bits per heavy atom. The van der Waals surface area contributed by atoms with Gasteiger partial charge in [0.25, 0.3) is 0 Å². The van der Waals surface area contributed by atoms with Crippen molar-refractivity contribution >= 4 is 62.6 Å². The van der Waals surface area contributed by atoms with Gasteiger partial charge in [-0.3, -0.25) is 9.59 Å². The average molecular weight is 477 g/mol. The predicted octanol–water partition coefficient (Wildman–Crippen LogP) is 5.31. The summed E-state index contributed by atoms with van der Waals surface area (Å²) < 4.78 is 1.30. The highest BCUT2D eigenvalue weighted by Crippen LogP contribution is 2.44. The van der Waals surface area contributed by atoms with Gasteiger partial charge in [0.1, 0.15) is 0 Å². The van der Waals surface area contributed by atoms with Crippen molar-refractivity contribution in [1.82, 2.24) is 0 Å². The van der Waals surface area contributed by atoms with E-state index in [1.54, 1.807) is 4.90 Å². The first-order valence-corrected chi connectivity index (χ1v) is 12.2. The van der Waals surface area contributed by atoms with E-state index in [4.69, 9.17) is 0 Å². The lowest BCUT2D eigenvalue weighted by Gasteiger charge is -2.22. The first-order valence-electron chi connectivity index (χ1n) is 9.31. The lowest BCUT2D eigenvalue weighted by atomic mass is 10.1. The molecule has 0 bridgehead atoms. The van der Waals surface area contributed by atoms with Crippen molar-refractivity contribution in [3.8, 4) is 0 Å². The largest absolute Gasteiger partial charge is 0.326 e. The third kappa shape index (κ3) is 4.42. The quantitative estimate of drug-likeness (QED) is 0.649. The fraction of sp³-hybridized carbons (Fsp3) is 0.333. The number of thioether (sulfide) groups is 2. The second-order valence-corrected chi connectivity index (χ2v) is 10.5. The van der Waals surface area contributed by atoms with Crippen molar-refractivity contribution in [1.29, 1.82) is 0 Å². The fourth-order valence-electron chi connectivity index (χ4n) is 3.47. The minimum atomic E-state index is -0.346. The summed E-state index contributed by atoms with van der Waals surface area (Å²) in [6.07, 6.45) is 1.49. The first kappa shape index (κ1) is 19.9. The third-order valence-corrected chi connectivity index (χ3v) is 8.58. The average Bonchev–Trinajstić information content (AvgIpc) is 3.11. The number of benzene rings is 2. The van der Waals surface area contributed by atoms with Crippen LogP contribution in [0.1, 0.15) is 23.0 Å². The summed E-state index contributed by atoms with van der Waals surface area (Å²) in [5.41, 5.74) is 2.86. The molecule has 4 nitrogen and oxygen atoms in total. The van der Waals surface area contributed by atoms with E-state index in [-0.39, 0.29) is 24.2 Å². The molecule has 2 aromatic carbocycles. The molecule has 0 radical (unpaired) electrons. The molecule has 2 amide bonds. The Morgan fingerprint density at radius 1 is 1.11 bits per heavy atom. The van der Waals surface area contributed by atoms with Crippen LogP contribution >= 0.6 is 39.5 Å². The molecule has 0 spiro atoms. The van der Waals surface area contributed by atoms with Crippen LogP contribution in [-0.2, 0) is 9.59 Å². The van der Waals surface area contributed by atoms with Crippen LogP contribution in [0.25, 0.3) is 0 Å². The van der Waals surface area contributed by atoms with E-state index in [1.165, 1.54) is 23.5 Å². The first-order chi connectivity index (χ1) is 13.6. The minimum absolute atomic E-state index is 0.0178. The van der Waals surface area contributed by atoms with Gasteiger partial charge in [-0.25, -0.2) is 0 Å². The standard InChI is InChI=1S/C21H21BrN2O2S2/c22-17-7-1-2-8-18(17)24-13-15(12-19(24)25)20(26)23-16-6-3-5-14(11-16)21-27-9-4-10-28-21/h1-3,5-8,11,15,21H,4,9-10,12-13H2,(H,23,26). The highest BCUT2D eigenvalue weighted by molar-refractivity contribution is 9.10. The van der Waals surface area contributed by atoms with Crippen LogP contribution in [0, 0.1) is 5.92 Å². The van der Waals surface area contributed by atoms with E-state index in [1.807, 2.05) is 59.9 Å². The molecule has 146 valence electrons. The van der Waals surface area contributed by atoms with Crippen LogP contribution in [0.15, 0.2) is 53.0 Å². The van der Waals surface area contributed by atoms with Gasteiger partial charge in [-0.1, -0.05) is 24.3 Å². The Labute approximate surface area is 182 Å². The smallest absolute Gasteiger partial charge is 0.229 e. The van der Waals surface area contributed by atoms with Gasteiger partial charge in [0, 0.05) is 23.1 Å². The van der Waals surface area contributed by atoms with E-state index in [9.17, 15) is 9.59 Å². The highest BCUT2D eigenvalue weighted by atomic mass is 79.9. The van der Waals surface area contributed by atoms with Crippen molar-refractivity contribution in [3.63, 3.8) is 0 Å².